The first-order valence-corrected chi connectivity index (χ1v) is 10.4. The average molecular weight is 397 g/mol. The van der Waals surface area contributed by atoms with Crippen molar-refractivity contribution in [1.82, 2.24) is 14.2 Å². The topological polar surface area (TPSA) is 81.9 Å². The fourth-order valence-corrected chi connectivity index (χ4v) is 4.85. The number of benzene rings is 2. The summed E-state index contributed by atoms with van der Waals surface area (Å²) in [6.07, 6.45) is 1.52. The summed E-state index contributed by atoms with van der Waals surface area (Å²) in [5.74, 6) is 0. The van der Waals surface area contributed by atoms with Gasteiger partial charge in [-0.1, -0.05) is 18.2 Å². The smallest absolute Gasteiger partial charge is 0.267 e. The Morgan fingerprint density at radius 2 is 1.81 bits per heavy atom. The minimum atomic E-state index is -3.64. The van der Waals surface area contributed by atoms with Crippen molar-refractivity contribution in [3.8, 4) is 0 Å². The largest absolute Gasteiger partial charge is 0.274 e. The van der Waals surface area contributed by atoms with E-state index in [2.05, 4.69) is 9.47 Å². The summed E-state index contributed by atoms with van der Waals surface area (Å²) in [5.41, 5.74) is 0.641. The van der Waals surface area contributed by atoms with Gasteiger partial charge in [-0.15, -0.1) is 0 Å². The molecule has 0 saturated heterocycles. The van der Waals surface area contributed by atoms with Crippen LogP contribution in [0.4, 0.5) is 0 Å². The predicted molar refractivity (Wildman–Crippen MR) is 104 cm³/mol. The lowest BCUT2D eigenvalue weighted by atomic mass is 10.2. The van der Waals surface area contributed by atoms with Gasteiger partial charge in [-0.3, -0.25) is 4.79 Å². The Kier molecular flexibility index (Phi) is 4.37. The van der Waals surface area contributed by atoms with Crippen LogP contribution in [0.5, 0.6) is 0 Å². The summed E-state index contributed by atoms with van der Waals surface area (Å²) in [4.78, 5) is 14.0. The molecule has 0 radical (unpaired) electrons. The molecule has 4 aromatic rings. The van der Waals surface area contributed by atoms with E-state index in [-0.39, 0.29) is 15.4 Å². The fraction of sp³-hybridized carbons (Fsp3) is 0.105. The number of rotatable bonds is 4. The molecule has 0 saturated carbocycles. The van der Waals surface area contributed by atoms with Crippen LogP contribution in [-0.4, -0.2) is 22.6 Å². The van der Waals surface area contributed by atoms with Crippen LogP contribution in [0.25, 0.3) is 10.8 Å². The lowest BCUT2D eigenvalue weighted by Crippen LogP contribution is -2.23. The number of hydrogen-bond acceptors (Lipinski definition) is 6. The van der Waals surface area contributed by atoms with E-state index in [1.807, 2.05) is 13.0 Å². The van der Waals surface area contributed by atoms with Gasteiger partial charge in [0.25, 0.3) is 5.56 Å². The van der Waals surface area contributed by atoms with Gasteiger partial charge in [0.05, 0.1) is 33.6 Å². The molecule has 0 unspecified atom stereocenters. The van der Waals surface area contributed by atoms with Crippen molar-refractivity contribution in [2.24, 2.45) is 0 Å². The summed E-state index contributed by atoms with van der Waals surface area (Å²) in [5, 5.41) is 5.12. The molecular formula is C19H15N3O3S2. The Bertz CT molecular complexity index is 1290. The van der Waals surface area contributed by atoms with Crippen LogP contribution in [0.15, 0.2) is 75.4 Å². The third-order valence-corrected chi connectivity index (χ3v) is 6.80. The average Bonchev–Trinajstić information content (AvgIpc) is 3.09. The fourth-order valence-electron chi connectivity index (χ4n) is 2.82. The van der Waals surface area contributed by atoms with Crippen molar-refractivity contribution >= 4 is 32.1 Å². The summed E-state index contributed by atoms with van der Waals surface area (Å²) >= 11 is 1.33. The van der Waals surface area contributed by atoms with E-state index in [4.69, 9.17) is 0 Å². The van der Waals surface area contributed by atoms with Crippen molar-refractivity contribution in [2.75, 3.05) is 0 Å². The van der Waals surface area contributed by atoms with Crippen LogP contribution in [0.1, 0.15) is 10.6 Å². The van der Waals surface area contributed by atoms with Gasteiger partial charge in [-0.25, -0.2) is 13.1 Å². The second-order valence-corrected chi connectivity index (χ2v) is 8.95. The molecule has 8 heteroatoms. The second-order valence-electron chi connectivity index (χ2n) is 6.11. The summed E-state index contributed by atoms with van der Waals surface area (Å²) in [7, 11) is -3.64. The van der Waals surface area contributed by atoms with E-state index in [9.17, 15) is 13.2 Å². The molecule has 0 atom stereocenters. The lowest BCUT2D eigenvalue weighted by Gasteiger charge is -2.07. The van der Waals surface area contributed by atoms with Gasteiger partial charge in [0, 0.05) is 10.3 Å². The highest BCUT2D eigenvalue weighted by atomic mass is 32.2. The number of aryl methyl sites for hydroxylation is 1. The summed E-state index contributed by atoms with van der Waals surface area (Å²) in [6, 6.07) is 14.6. The monoisotopic (exact) mass is 397 g/mol. The Labute approximate surface area is 159 Å². The molecule has 0 bridgehead atoms. The van der Waals surface area contributed by atoms with Crippen molar-refractivity contribution in [3.63, 3.8) is 0 Å². The quantitative estimate of drug-likeness (QED) is 0.529. The molecule has 0 fully saturated rings. The van der Waals surface area contributed by atoms with Crippen LogP contribution in [0.2, 0.25) is 0 Å². The predicted octanol–water partition coefficient (Wildman–Crippen LogP) is 3.04. The first-order valence-electron chi connectivity index (χ1n) is 8.17. The molecule has 6 nitrogen and oxygen atoms in total. The van der Waals surface area contributed by atoms with Gasteiger partial charge in [0.2, 0.25) is 9.84 Å². The van der Waals surface area contributed by atoms with E-state index in [1.165, 1.54) is 34.5 Å². The van der Waals surface area contributed by atoms with Crippen molar-refractivity contribution < 1.29 is 8.42 Å². The summed E-state index contributed by atoms with van der Waals surface area (Å²) < 4.78 is 31.1. The zero-order valence-corrected chi connectivity index (χ0v) is 16.0. The second kappa shape index (κ2) is 6.71. The third kappa shape index (κ3) is 3.29. The molecule has 0 N–H and O–H groups in total. The molecule has 0 spiro atoms. The maximum atomic E-state index is 12.8. The van der Waals surface area contributed by atoms with Crippen LogP contribution in [-0.2, 0) is 16.4 Å². The molecule has 2 aromatic heterocycles. The van der Waals surface area contributed by atoms with Gasteiger partial charge in [-0.2, -0.15) is 9.47 Å². The molecule has 0 amide bonds. The number of sulfone groups is 1. The van der Waals surface area contributed by atoms with Crippen molar-refractivity contribution in [2.45, 2.75) is 23.3 Å². The number of aromatic nitrogens is 3. The number of hydrogen-bond donors (Lipinski definition) is 0. The van der Waals surface area contributed by atoms with Gasteiger partial charge < -0.3 is 0 Å². The summed E-state index contributed by atoms with van der Waals surface area (Å²) in [6.45, 7) is 2.23. The Morgan fingerprint density at radius 1 is 1.04 bits per heavy atom. The Balaban J connectivity index is 1.76. The Hall–Kier alpha value is -2.84. The van der Waals surface area contributed by atoms with Gasteiger partial charge in [0.1, 0.15) is 0 Å². The Morgan fingerprint density at radius 3 is 2.52 bits per heavy atom. The lowest BCUT2D eigenvalue weighted by molar-refractivity contribution is 0.596. The van der Waals surface area contributed by atoms with E-state index < -0.39 is 9.84 Å². The molecule has 0 aliphatic heterocycles. The zero-order valence-electron chi connectivity index (χ0n) is 14.4. The molecule has 136 valence electrons. The maximum absolute atomic E-state index is 12.8. The highest BCUT2D eigenvalue weighted by molar-refractivity contribution is 7.91. The van der Waals surface area contributed by atoms with Gasteiger partial charge in [-0.05, 0) is 54.9 Å². The highest BCUT2D eigenvalue weighted by Gasteiger charge is 2.18. The van der Waals surface area contributed by atoms with Crippen molar-refractivity contribution in [3.05, 3.63) is 81.7 Å². The van der Waals surface area contributed by atoms with Crippen LogP contribution < -0.4 is 5.56 Å². The SMILES string of the molecule is Cc1cc(Cn2ncc3cc(S(=O)(=O)c4ccccc4)ccc3c2=O)sn1. The minimum absolute atomic E-state index is 0.137. The first kappa shape index (κ1) is 17.6. The minimum Gasteiger partial charge on any atom is -0.267 e. The van der Waals surface area contributed by atoms with Crippen LogP contribution in [0, 0.1) is 6.92 Å². The van der Waals surface area contributed by atoms with Crippen molar-refractivity contribution in [1.29, 1.82) is 0 Å². The van der Waals surface area contributed by atoms with E-state index in [0.717, 1.165) is 10.6 Å². The normalized spacial score (nSPS) is 11.7. The molecule has 27 heavy (non-hydrogen) atoms. The first-order chi connectivity index (χ1) is 12.9. The molecular weight excluding hydrogens is 382 g/mol. The number of nitrogens with zero attached hydrogens (tertiary/aromatic N) is 3. The highest BCUT2D eigenvalue weighted by Crippen LogP contribution is 2.23. The molecule has 2 aromatic carbocycles. The standard InChI is InChI=1S/C19H15N3O3S2/c1-13-9-15(26-21-13)12-22-19(23)18-8-7-17(10-14(18)11-20-22)27(24,25)16-5-3-2-4-6-16/h2-11H,12H2,1H3. The van der Waals surface area contributed by atoms with E-state index in [1.54, 1.807) is 36.4 Å². The molecule has 0 aliphatic rings. The van der Waals surface area contributed by atoms with Crippen LogP contribution >= 0.6 is 11.5 Å². The zero-order chi connectivity index (χ0) is 19.0. The molecule has 4 rings (SSSR count). The number of fused-ring (bicyclic) bond motifs is 1. The molecule has 0 aliphatic carbocycles. The van der Waals surface area contributed by atoms with E-state index >= 15 is 0 Å². The van der Waals surface area contributed by atoms with Gasteiger partial charge >= 0.3 is 0 Å². The molecule has 2 heterocycles. The third-order valence-electron chi connectivity index (χ3n) is 4.17. The van der Waals surface area contributed by atoms with Crippen LogP contribution in [0.3, 0.4) is 0 Å². The van der Waals surface area contributed by atoms with Gasteiger partial charge in [0.15, 0.2) is 0 Å². The van der Waals surface area contributed by atoms with E-state index in [0.29, 0.717) is 17.3 Å². The maximum Gasteiger partial charge on any atom is 0.274 e.